The Balaban J connectivity index is 3.63. The molecule has 2 unspecified atom stereocenters. The molecule has 0 aliphatic rings. The van der Waals surface area contributed by atoms with Gasteiger partial charge in [-0.3, -0.25) is 5.41 Å². The first-order valence-corrected chi connectivity index (χ1v) is 4.08. The van der Waals surface area contributed by atoms with E-state index < -0.39 is 0 Å². The SMILES string of the molecule is CCCC(O)C(C)CC(=N)N. The first-order valence-electron chi connectivity index (χ1n) is 4.08. The molecular formula is C8H18N2O. The van der Waals surface area contributed by atoms with Crippen LogP contribution in [0.2, 0.25) is 0 Å². The first-order chi connectivity index (χ1) is 5.07. The third kappa shape index (κ3) is 4.79. The summed E-state index contributed by atoms with van der Waals surface area (Å²) in [5.41, 5.74) is 5.20. The lowest BCUT2D eigenvalue weighted by atomic mass is 9.97. The van der Waals surface area contributed by atoms with E-state index in [4.69, 9.17) is 11.1 Å². The van der Waals surface area contributed by atoms with Crippen molar-refractivity contribution in [3.8, 4) is 0 Å². The lowest BCUT2D eigenvalue weighted by molar-refractivity contribution is 0.110. The lowest BCUT2D eigenvalue weighted by Crippen LogP contribution is -2.23. The summed E-state index contributed by atoms with van der Waals surface area (Å²) in [4.78, 5) is 0. The van der Waals surface area contributed by atoms with Gasteiger partial charge in [-0.05, 0) is 12.3 Å². The van der Waals surface area contributed by atoms with Gasteiger partial charge in [-0.1, -0.05) is 20.3 Å². The van der Waals surface area contributed by atoms with Crippen LogP contribution in [-0.4, -0.2) is 17.0 Å². The molecule has 66 valence electrons. The van der Waals surface area contributed by atoms with E-state index >= 15 is 0 Å². The van der Waals surface area contributed by atoms with Gasteiger partial charge in [0.05, 0.1) is 11.9 Å². The third-order valence-corrected chi connectivity index (χ3v) is 1.78. The molecule has 0 amide bonds. The minimum absolute atomic E-state index is 0.118. The van der Waals surface area contributed by atoms with Gasteiger partial charge in [0, 0.05) is 6.42 Å². The molecule has 0 saturated carbocycles. The minimum Gasteiger partial charge on any atom is -0.393 e. The highest BCUT2D eigenvalue weighted by atomic mass is 16.3. The second-order valence-corrected chi connectivity index (χ2v) is 3.06. The molecule has 0 aliphatic carbocycles. The summed E-state index contributed by atoms with van der Waals surface area (Å²) in [6.07, 6.45) is 1.97. The van der Waals surface area contributed by atoms with Gasteiger partial charge in [-0.25, -0.2) is 0 Å². The maximum absolute atomic E-state index is 9.41. The molecule has 0 radical (unpaired) electrons. The zero-order valence-corrected chi connectivity index (χ0v) is 7.30. The van der Waals surface area contributed by atoms with Gasteiger partial charge in [0.2, 0.25) is 0 Å². The molecule has 11 heavy (non-hydrogen) atoms. The fraction of sp³-hybridized carbons (Fsp3) is 0.875. The van der Waals surface area contributed by atoms with Gasteiger partial charge < -0.3 is 10.8 Å². The van der Waals surface area contributed by atoms with Gasteiger partial charge in [-0.2, -0.15) is 0 Å². The Labute approximate surface area is 68.1 Å². The van der Waals surface area contributed by atoms with E-state index in [-0.39, 0.29) is 17.9 Å². The number of aliphatic hydroxyl groups is 1. The maximum Gasteiger partial charge on any atom is 0.0908 e. The van der Waals surface area contributed by atoms with Crippen molar-refractivity contribution in [2.75, 3.05) is 0 Å². The van der Waals surface area contributed by atoms with Gasteiger partial charge in [0.15, 0.2) is 0 Å². The molecule has 3 heteroatoms. The van der Waals surface area contributed by atoms with Gasteiger partial charge >= 0.3 is 0 Å². The molecule has 0 rings (SSSR count). The van der Waals surface area contributed by atoms with Crippen molar-refractivity contribution in [2.45, 2.75) is 39.2 Å². The number of nitrogens with two attached hydrogens (primary N) is 1. The van der Waals surface area contributed by atoms with Crippen molar-refractivity contribution in [1.82, 2.24) is 0 Å². The van der Waals surface area contributed by atoms with Crippen LogP contribution in [0.5, 0.6) is 0 Å². The average molecular weight is 158 g/mol. The number of hydrogen-bond donors (Lipinski definition) is 3. The molecule has 0 spiro atoms. The zero-order valence-electron chi connectivity index (χ0n) is 7.30. The Kier molecular flexibility index (Phi) is 4.86. The highest BCUT2D eigenvalue weighted by molar-refractivity contribution is 5.77. The van der Waals surface area contributed by atoms with Crippen molar-refractivity contribution >= 4 is 5.84 Å². The summed E-state index contributed by atoms with van der Waals surface area (Å²) in [5.74, 6) is 0.278. The van der Waals surface area contributed by atoms with Crippen LogP contribution >= 0.6 is 0 Å². The van der Waals surface area contributed by atoms with E-state index in [2.05, 4.69) is 0 Å². The van der Waals surface area contributed by atoms with Crippen molar-refractivity contribution in [3.63, 3.8) is 0 Å². The Morgan fingerprint density at radius 3 is 2.55 bits per heavy atom. The monoisotopic (exact) mass is 158 g/mol. The topological polar surface area (TPSA) is 70.1 Å². The van der Waals surface area contributed by atoms with Crippen molar-refractivity contribution in [1.29, 1.82) is 5.41 Å². The number of rotatable bonds is 5. The van der Waals surface area contributed by atoms with Crippen LogP contribution in [0.3, 0.4) is 0 Å². The van der Waals surface area contributed by atoms with Crippen LogP contribution in [0, 0.1) is 11.3 Å². The van der Waals surface area contributed by atoms with E-state index in [1.807, 2.05) is 13.8 Å². The lowest BCUT2D eigenvalue weighted by Gasteiger charge is -2.16. The normalized spacial score (nSPS) is 15.9. The molecular weight excluding hydrogens is 140 g/mol. The third-order valence-electron chi connectivity index (χ3n) is 1.78. The maximum atomic E-state index is 9.41. The van der Waals surface area contributed by atoms with Crippen molar-refractivity contribution < 1.29 is 5.11 Å². The molecule has 3 nitrogen and oxygen atoms in total. The molecule has 0 heterocycles. The molecule has 0 aliphatic heterocycles. The van der Waals surface area contributed by atoms with E-state index in [1.165, 1.54) is 0 Å². The van der Waals surface area contributed by atoms with Crippen LogP contribution in [0.15, 0.2) is 0 Å². The van der Waals surface area contributed by atoms with Gasteiger partial charge in [0.25, 0.3) is 0 Å². The van der Waals surface area contributed by atoms with Gasteiger partial charge in [0.1, 0.15) is 0 Å². The fourth-order valence-electron chi connectivity index (χ4n) is 1.06. The summed E-state index contributed by atoms with van der Waals surface area (Å²) in [6.45, 7) is 3.95. The second-order valence-electron chi connectivity index (χ2n) is 3.06. The summed E-state index contributed by atoms with van der Waals surface area (Å²) in [5, 5.41) is 16.4. The molecule has 0 aromatic heterocycles. The Hall–Kier alpha value is -0.570. The molecule has 4 N–H and O–H groups in total. The molecule has 0 aromatic rings. The van der Waals surface area contributed by atoms with Crippen LogP contribution in [0.25, 0.3) is 0 Å². The zero-order chi connectivity index (χ0) is 8.85. The number of nitrogens with one attached hydrogen (secondary N) is 1. The standard InChI is InChI=1S/C8H18N2O/c1-3-4-7(11)6(2)5-8(9)10/h6-7,11H,3-5H2,1-2H3,(H3,9,10). The second kappa shape index (κ2) is 5.13. The molecule has 0 fully saturated rings. The fourth-order valence-corrected chi connectivity index (χ4v) is 1.06. The highest BCUT2D eigenvalue weighted by Gasteiger charge is 2.13. The van der Waals surface area contributed by atoms with E-state index in [0.717, 1.165) is 12.8 Å². The Bertz CT molecular complexity index is 125. The highest BCUT2D eigenvalue weighted by Crippen LogP contribution is 2.12. The molecule has 0 saturated heterocycles. The van der Waals surface area contributed by atoms with Crippen LogP contribution < -0.4 is 5.73 Å². The Morgan fingerprint density at radius 1 is 1.64 bits per heavy atom. The van der Waals surface area contributed by atoms with E-state index in [9.17, 15) is 5.11 Å². The van der Waals surface area contributed by atoms with Crippen LogP contribution in [0.4, 0.5) is 0 Å². The van der Waals surface area contributed by atoms with E-state index in [1.54, 1.807) is 0 Å². The summed E-state index contributed by atoms with van der Waals surface area (Å²) < 4.78 is 0. The number of hydrogen-bond acceptors (Lipinski definition) is 2. The van der Waals surface area contributed by atoms with Crippen molar-refractivity contribution in [2.24, 2.45) is 11.7 Å². The average Bonchev–Trinajstić information content (AvgIpc) is 1.86. The number of aliphatic hydroxyl groups excluding tert-OH is 1. The van der Waals surface area contributed by atoms with Gasteiger partial charge in [-0.15, -0.1) is 0 Å². The Morgan fingerprint density at radius 2 is 2.18 bits per heavy atom. The van der Waals surface area contributed by atoms with Crippen LogP contribution in [0.1, 0.15) is 33.1 Å². The smallest absolute Gasteiger partial charge is 0.0908 e. The summed E-state index contributed by atoms with van der Waals surface area (Å²) in [7, 11) is 0. The number of amidine groups is 1. The molecule has 2 atom stereocenters. The molecule has 0 bridgehead atoms. The predicted molar refractivity (Wildman–Crippen MR) is 46.6 cm³/mol. The largest absolute Gasteiger partial charge is 0.393 e. The predicted octanol–water partition coefficient (Wildman–Crippen LogP) is 1.11. The first kappa shape index (κ1) is 10.4. The summed E-state index contributed by atoms with van der Waals surface area (Å²) >= 11 is 0. The van der Waals surface area contributed by atoms with E-state index in [0.29, 0.717) is 6.42 Å². The van der Waals surface area contributed by atoms with Crippen LogP contribution in [-0.2, 0) is 0 Å². The quantitative estimate of drug-likeness (QED) is 0.414. The minimum atomic E-state index is -0.302. The summed E-state index contributed by atoms with van der Waals surface area (Å²) in [6, 6.07) is 0. The molecule has 0 aromatic carbocycles. The van der Waals surface area contributed by atoms with Crippen molar-refractivity contribution in [3.05, 3.63) is 0 Å².